The van der Waals surface area contributed by atoms with Crippen LogP contribution in [0.2, 0.25) is 0 Å². The molecule has 1 fully saturated rings. The minimum Gasteiger partial charge on any atom is -0.258 e. The van der Waals surface area contributed by atoms with Gasteiger partial charge in [-0.25, -0.2) is 13.1 Å². The van der Waals surface area contributed by atoms with Crippen molar-refractivity contribution in [3.63, 3.8) is 0 Å². The van der Waals surface area contributed by atoms with Crippen LogP contribution in [0, 0.1) is 28.9 Å². The summed E-state index contributed by atoms with van der Waals surface area (Å²) in [4.78, 5) is 10.3. The maximum absolute atomic E-state index is 12.6. The zero-order chi connectivity index (χ0) is 16.5. The molecule has 0 heterocycles. The molecule has 1 saturated carbocycles. The van der Waals surface area contributed by atoms with Gasteiger partial charge >= 0.3 is 0 Å². The van der Waals surface area contributed by atoms with Gasteiger partial charge in [-0.05, 0) is 36.8 Å². The largest absolute Gasteiger partial charge is 0.269 e. The van der Waals surface area contributed by atoms with E-state index in [0.717, 1.165) is 19.3 Å². The molecule has 0 amide bonds. The average molecular weight is 326 g/mol. The molecule has 22 heavy (non-hydrogen) atoms. The van der Waals surface area contributed by atoms with Gasteiger partial charge in [-0.15, -0.1) is 0 Å². The van der Waals surface area contributed by atoms with E-state index < -0.39 is 14.9 Å². The van der Waals surface area contributed by atoms with Crippen molar-refractivity contribution in [2.45, 2.75) is 51.0 Å². The van der Waals surface area contributed by atoms with Crippen molar-refractivity contribution >= 4 is 15.7 Å². The Kier molecular flexibility index (Phi) is 4.87. The molecule has 1 aromatic carbocycles. The number of rotatable bonds is 4. The first-order valence-corrected chi connectivity index (χ1v) is 8.98. The van der Waals surface area contributed by atoms with Gasteiger partial charge in [0.05, 0.1) is 9.82 Å². The number of benzene rings is 1. The Bertz CT molecular complexity index is 672. The van der Waals surface area contributed by atoms with Gasteiger partial charge in [0, 0.05) is 18.2 Å². The molecule has 2 rings (SSSR count). The summed E-state index contributed by atoms with van der Waals surface area (Å²) in [6, 6.07) is 3.76. The lowest BCUT2D eigenvalue weighted by Crippen LogP contribution is -2.43. The fourth-order valence-electron chi connectivity index (χ4n) is 3.06. The second-order valence-electron chi connectivity index (χ2n) is 6.20. The molecule has 1 aliphatic rings. The maximum atomic E-state index is 12.6. The normalized spacial score (nSPS) is 25.9. The van der Waals surface area contributed by atoms with Crippen molar-refractivity contribution in [3.05, 3.63) is 33.9 Å². The van der Waals surface area contributed by atoms with E-state index in [1.54, 1.807) is 6.92 Å². The summed E-state index contributed by atoms with van der Waals surface area (Å²) < 4.78 is 27.9. The van der Waals surface area contributed by atoms with Gasteiger partial charge in [0.2, 0.25) is 10.0 Å². The zero-order valence-corrected chi connectivity index (χ0v) is 13.9. The van der Waals surface area contributed by atoms with Gasteiger partial charge in [0.1, 0.15) is 0 Å². The van der Waals surface area contributed by atoms with E-state index in [1.165, 1.54) is 18.2 Å². The van der Waals surface area contributed by atoms with E-state index >= 15 is 0 Å². The van der Waals surface area contributed by atoms with Gasteiger partial charge in [-0.3, -0.25) is 10.1 Å². The molecular weight excluding hydrogens is 304 g/mol. The van der Waals surface area contributed by atoms with Crippen LogP contribution in [0.3, 0.4) is 0 Å². The summed E-state index contributed by atoms with van der Waals surface area (Å²) in [5.74, 6) is 0.765. The third kappa shape index (κ3) is 3.47. The first-order chi connectivity index (χ1) is 10.2. The molecule has 3 unspecified atom stereocenters. The number of hydrogen-bond donors (Lipinski definition) is 1. The Morgan fingerprint density at radius 3 is 2.55 bits per heavy atom. The van der Waals surface area contributed by atoms with Crippen LogP contribution in [-0.2, 0) is 10.0 Å². The standard InChI is InChI=1S/C15H22N2O4S/c1-10-5-4-6-14(12(10)3)16-22(20,21)15-8-7-13(17(18)19)9-11(15)2/h7-10,12,14,16H,4-6H2,1-3H3. The number of nitro groups is 1. The van der Waals surface area contributed by atoms with Crippen molar-refractivity contribution in [1.82, 2.24) is 4.72 Å². The highest BCUT2D eigenvalue weighted by Gasteiger charge is 2.31. The Hall–Kier alpha value is -1.47. The first kappa shape index (κ1) is 16.9. The molecule has 0 bridgehead atoms. The third-order valence-corrected chi connectivity index (χ3v) is 6.32. The molecule has 1 N–H and O–H groups in total. The van der Waals surface area contributed by atoms with Crippen LogP contribution in [0.4, 0.5) is 5.69 Å². The molecule has 122 valence electrons. The third-order valence-electron chi connectivity index (χ3n) is 4.67. The molecule has 3 atom stereocenters. The second-order valence-corrected chi connectivity index (χ2v) is 7.88. The first-order valence-electron chi connectivity index (χ1n) is 7.49. The van der Waals surface area contributed by atoms with Crippen LogP contribution >= 0.6 is 0 Å². The summed E-state index contributed by atoms with van der Waals surface area (Å²) in [7, 11) is -3.66. The summed E-state index contributed by atoms with van der Waals surface area (Å²) in [5.41, 5.74) is 0.286. The highest BCUT2D eigenvalue weighted by molar-refractivity contribution is 7.89. The van der Waals surface area contributed by atoms with Crippen LogP contribution in [0.5, 0.6) is 0 Å². The smallest absolute Gasteiger partial charge is 0.258 e. The van der Waals surface area contributed by atoms with E-state index in [9.17, 15) is 18.5 Å². The SMILES string of the molecule is Cc1cc([N+](=O)[O-])ccc1S(=O)(=O)NC1CCCC(C)C1C. The van der Waals surface area contributed by atoms with E-state index in [4.69, 9.17) is 0 Å². The lowest BCUT2D eigenvalue weighted by molar-refractivity contribution is -0.385. The number of nitro benzene ring substituents is 1. The van der Waals surface area contributed by atoms with Crippen LogP contribution in [0.1, 0.15) is 38.7 Å². The summed E-state index contributed by atoms with van der Waals surface area (Å²) >= 11 is 0. The number of sulfonamides is 1. The molecule has 0 aromatic heterocycles. The van der Waals surface area contributed by atoms with Crippen LogP contribution in [0.15, 0.2) is 23.1 Å². The lowest BCUT2D eigenvalue weighted by atomic mass is 9.78. The van der Waals surface area contributed by atoms with Crippen molar-refractivity contribution in [3.8, 4) is 0 Å². The highest BCUT2D eigenvalue weighted by atomic mass is 32.2. The van der Waals surface area contributed by atoms with Gasteiger partial charge in [0.15, 0.2) is 0 Å². The van der Waals surface area contributed by atoms with Gasteiger partial charge in [-0.2, -0.15) is 0 Å². The van der Waals surface area contributed by atoms with E-state index in [2.05, 4.69) is 18.6 Å². The Morgan fingerprint density at radius 1 is 1.27 bits per heavy atom. The molecule has 0 radical (unpaired) electrons. The minimum atomic E-state index is -3.66. The van der Waals surface area contributed by atoms with E-state index in [0.29, 0.717) is 11.5 Å². The monoisotopic (exact) mass is 326 g/mol. The molecule has 0 spiro atoms. The van der Waals surface area contributed by atoms with Gasteiger partial charge < -0.3 is 0 Å². The Balaban J connectivity index is 2.25. The van der Waals surface area contributed by atoms with Gasteiger partial charge in [-0.1, -0.05) is 26.7 Å². The summed E-state index contributed by atoms with van der Waals surface area (Å²) in [6.07, 6.45) is 2.96. The summed E-state index contributed by atoms with van der Waals surface area (Å²) in [6.45, 7) is 5.79. The van der Waals surface area contributed by atoms with Crippen molar-refractivity contribution in [1.29, 1.82) is 0 Å². The number of nitrogens with zero attached hydrogens (tertiary/aromatic N) is 1. The molecule has 0 saturated heterocycles. The van der Waals surface area contributed by atoms with Gasteiger partial charge in [0.25, 0.3) is 5.69 Å². The Morgan fingerprint density at radius 2 is 1.95 bits per heavy atom. The Labute approximate surface area is 131 Å². The topological polar surface area (TPSA) is 89.3 Å². The zero-order valence-electron chi connectivity index (χ0n) is 13.1. The molecular formula is C15H22N2O4S. The van der Waals surface area contributed by atoms with E-state index in [-0.39, 0.29) is 22.5 Å². The van der Waals surface area contributed by atoms with Crippen LogP contribution in [-0.4, -0.2) is 19.4 Å². The molecule has 1 aromatic rings. The second kappa shape index (κ2) is 6.34. The fraction of sp³-hybridized carbons (Fsp3) is 0.600. The van der Waals surface area contributed by atoms with Crippen molar-refractivity contribution in [2.75, 3.05) is 0 Å². The molecule has 1 aliphatic carbocycles. The number of aryl methyl sites for hydroxylation is 1. The molecule has 6 nitrogen and oxygen atoms in total. The predicted molar refractivity (Wildman–Crippen MR) is 84.1 cm³/mol. The number of non-ortho nitro benzene ring substituents is 1. The quantitative estimate of drug-likeness (QED) is 0.680. The fourth-order valence-corrected chi connectivity index (χ4v) is 4.65. The van der Waals surface area contributed by atoms with Crippen molar-refractivity contribution < 1.29 is 13.3 Å². The highest BCUT2D eigenvalue weighted by Crippen LogP contribution is 2.31. The number of hydrogen-bond acceptors (Lipinski definition) is 4. The van der Waals surface area contributed by atoms with Crippen molar-refractivity contribution in [2.24, 2.45) is 11.8 Å². The average Bonchev–Trinajstić information content (AvgIpc) is 2.43. The predicted octanol–water partition coefficient (Wildman–Crippen LogP) is 3.01. The molecule has 0 aliphatic heterocycles. The lowest BCUT2D eigenvalue weighted by Gasteiger charge is -2.34. The summed E-state index contributed by atoms with van der Waals surface area (Å²) in [5, 5.41) is 10.8. The maximum Gasteiger partial charge on any atom is 0.269 e. The van der Waals surface area contributed by atoms with Crippen LogP contribution in [0.25, 0.3) is 0 Å². The minimum absolute atomic E-state index is 0.0802. The molecule has 7 heteroatoms. The van der Waals surface area contributed by atoms with Crippen LogP contribution < -0.4 is 4.72 Å². The van der Waals surface area contributed by atoms with E-state index in [1.807, 2.05) is 0 Å². The number of nitrogens with one attached hydrogen (secondary N) is 1.